The molecule has 432 valence electrons. The molecule has 1 fully saturated rings. The second-order valence-electron chi connectivity index (χ2n) is 20.6. The summed E-state index contributed by atoms with van der Waals surface area (Å²) in [5.41, 5.74) is 0. The average molecular weight is 1060 g/mol. The molecular weight excluding hydrogens is 949 g/mol. The molecular formula is C63H108O12. The maximum atomic E-state index is 13.1. The standard InChI is InChI=1S/C63H108O12/c1-4-7-10-13-16-19-22-24-26-27-28-29-31-32-35-37-40-43-46-49-55(64)71-52-54(73-56(65)50-47-44-41-38-34-21-18-15-12-9-6-3)53-72-63-61(59(68)58(67)60(75-63)62(69)70)74-57(66)51-48-45-42-39-36-33-30-25-23-20-17-14-11-8-5-2/h7,10,15-16,18-19,24,26,28-29,54,58-61,63,67-68H,4-6,8-9,11-14,17,20-23,25,27,30-53H2,1-3H3,(H,69,70)/b10-7-,18-15-,19-16-,26-24-,29-28-. The highest BCUT2D eigenvalue weighted by Crippen LogP contribution is 2.26. The van der Waals surface area contributed by atoms with E-state index in [-0.39, 0.29) is 25.9 Å². The van der Waals surface area contributed by atoms with E-state index >= 15 is 0 Å². The van der Waals surface area contributed by atoms with E-state index in [1.807, 2.05) is 0 Å². The number of carbonyl (C=O) groups is 4. The highest BCUT2D eigenvalue weighted by Gasteiger charge is 2.50. The molecule has 0 aromatic heterocycles. The van der Waals surface area contributed by atoms with Gasteiger partial charge < -0.3 is 39.0 Å². The molecule has 6 atom stereocenters. The van der Waals surface area contributed by atoms with E-state index in [1.165, 1.54) is 77.0 Å². The fraction of sp³-hybridized carbons (Fsp3) is 0.778. The number of carbonyl (C=O) groups excluding carboxylic acids is 3. The van der Waals surface area contributed by atoms with Gasteiger partial charge in [0.05, 0.1) is 6.61 Å². The number of hydrogen-bond acceptors (Lipinski definition) is 11. The van der Waals surface area contributed by atoms with E-state index in [2.05, 4.69) is 81.5 Å². The van der Waals surface area contributed by atoms with Gasteiger partial charge >= 0.3 is 23.9 Å². The summed E-state index contributed by atoms with van der Waals surface area (Å²) < 4.78 is 28.4. The number of aliphatic hydroxyl groups is 2. The van der Waals surface area contributed by atoms with Crippen molar-refractivity contribution in [3.8, 4) is 0 Å². The van der Waals surface area contributed by atoms with Gasteiger partial charge in [-0.25, -0.2) is 4.79 Å². The fourth-order valence-corrected chi connectivity index (χ4v) is 8.93. The third kappa shape index (κ3) is 41.2. The molecule has 3 N–H and O–H groups in total. The van der Waals surface area contributed by atoms with Crippen molar-refractivity contribution in [2.75, 3.05) is 13.2 Å². The number of ether oxygens (including phenoxy) is 5. The summed E-state index contributed by atoms with van der Waals surface area (Å²) >= 11 is 0. The molecule has 0 bridgehead atoms. The smallest absolute Gasteiger partial charge is 0.335 e. The summed E-state index contributed by atoms with van der Waals surface area (Å²) in [6.07, 6.45) is 50.5. The predicted molar refractivity (Wildman–Crippen MR) is 303 cm³/mol. The topological polar surface area (TPSA) is 175 Å². The van der Waals surface area contributed by atoms with E-state index in [0.29, 0.717) is 19.3 Å². The van der Waals surface area contributed by atoms with Crippen molar-refractivity contribution in [3.63, 3.8) is 0 Å². The minimum Gasteiger partial charge on any atom is -0.479 e. The number of aliphatic carboxylic acids is 1. The van der Waals surface area contributed by atoms with Gasteiger partial charge in [0.2, 0.25) is 0 Å². The van der Waals surface area contributed by atoms with Gasteiger partial charge in [0.1, 0.15) is 18.8 Å². The number of rotatable bonds is 51. The van der Waals surface area contributed by atoms with Crippen LogP contribution in [0.2, 0.25) is 0 Å². The normalized spacial score (nSPS) is 18.5. The van der Waals surface area contributed by atoms with Gasteiger partial charge in [0.15, 0.2) is 24.6 Å². The number of unbranched alkanes of at least 4 members (excludes halogenated alkanes) is 27. The summed E-state index contributed by atoms with van der Waals surface area (Å²) in [5, 5.41) is 31.5. The Bertz CT molecular complexity index is 1540. The molecule has 75 heavy (non-hydrogen) atoms. The molecule has 0 radical (unpaired) electrons. The molecule has 12 heteroatoms. The van der Waals surface area contributed by atoms with Crippen LogP contribution < -0.4 is 0 Å². The predicted octanol–water partition coefficient (Wildman–Crippen LogP) is 15.6. The van der Waals surface area contributed by atoms with Crippen molar-refractivity contribution < 1.29 is 58.2 Å². The molecule has 0 aromatic carbocycles. The summed E-state index contributed by atoms with van der Waals surface area (Å²) in [7, 11) is 0. The Morgan fingerprint density at radius 1 is 0.453 bits per heavy atom. The molecule has 1 saturated heterocycles. The number of carboxylic acid groups (broad SMARTS) is 1. The van der Waals surface area contributed by atoms with Gasteiger partial charge in [0.25, 0.3) is 0 Å². The zero-order chi connectivity index (χ0) is 54.7. The summed E-state index contributed by atoms with van der Waals surface area (Å²) in [6.45, 7) is 5.83. The maximum absolute atomic E-state index is 13.1. The highest BCUT2D eigenvalue weighted by atomic mass is 16.7. The first-order chi connectivity index (χ1) is 36.6. The third-order valence-electron chi connectivity index (χ3n) is 13.6. The number of esters is 3. The number of allylic oxidation sites excluding steroid dienone is 10. The molecule has 1 heterocycles. The summed E-state index contributed by atoms with van der Waals surface area (Å²) in [4.78, 5) is 51.1. The SMILES string of the molecule is CC/C=C\C/C=C\C/C=C\C/C=C\CCCCCCCCC(=O)OCC(COC1OC(C(=O)O)C(O)C(O)C1OC(=O)CCCCCCCCCCCCCCCCC)OC(=O)CCCCCCC/C=C\CCCC. The van der Waals surface area contributed by atoms with Gasteiger partial charge in [-0.15, -0.1) is 0 Å². The van der Waals surface area contributed by atoms with Gasteiger partial charge in [-0.05, 0) is 77.0 Å². The lowest BCUT2D eigenvalue weighted by molar-refractivity contribution is -0.301. The van der Waals surface area contributed by atoms with Gasteiger partial charge in [-0.2, -0.15) is 0 Å². The molecule has 6 unspecified atom stereocenters. The molecule has 1 aliphatic rings. The van der Waals surface area contributed by atoms with Crippen LogP contribution in [0.5, 0.6) is 0 Å². The van der Waals surface area contributed by atoms with Gasteiger partial charge in [-0.1, -0.05) is 229 Å². The van der Waals surface area contributed by atoms with Crippen molar-refractivity contribution in [1.82, 2.24) is 0 Å². The first kappa shape index (κ1) is 69.4. The lowest BCUT2D eigenvalue weighted by Gasteiger charge is -2.40. The maximum Gasteiger partial charge on any atom is 0.335 e. The van der Waals surface area contributed by atoms with E-state index < -0.39 is 67.3 Å². The monoisotopic (exact) mass is 1060 g/mol. The lowest BCUT2D eigenvalue weighted by atomic mass is 9.98. The second kappa shape index (κ2) is 51.2. The Balaban J connectivity index is 2.66. The van der Waals surface area contributed by atoms with Crippen molar-refractivity contribution >= 4 is 23.9 Å². The van der Waals surface area contributed by atoms with Crippen LogP contribution in [0.3, 0.4) is 0 Å². The van der Waals surface area contributed by atoms with Crippen LogP contribution in [0.15, 0.2) is 60.8 Å². The van der Waals surface area contributed by atoms with Crippen LogP contribution in [0.1, 0.15) is 265 Å². The Labute approximate surface area is 456 Å². The summed E-state index contributed by atoms with van der Waals surface area (Å²) in [5.74, 6) is -3.14. The van der Waals surface area contributed by atoms with Crippen LogP contribution in [0.25, 0.3) is 0 Å². The van der Waals surface area contributed by atoms with Gasteiger partial charge in [0, 0.05) is 19.3 Å². The first-order valence-corrected chi connectivity index (χ1v) is 30.3. The Morgan fingerprint density at radius 3 is 1.33 bits per heavy atom. The zero-order valence-electron chi connectivity index (χ0n) is 47.5. The van der Waals surface area contributed by atoms with Crippen LogP contribution in [-0.2, 0) is 42.9 Å². The summed E-state index contributed by atoms with van der Waals surface area (Å²) in [6, 6.07) is 0. The molecule has 0 amide bonds. The quantitative estimate of drug-likeness (QED) is 0.0228. The van der Waals surface area contributed by atoms with E-state index in [4.69, 9.17) is 23.7 Å². The van der Waals surface area contributed by atoms with Crippen LogP contribution in [0, 0.1) is 0 Å². The molecule has 0 spiro atoms. The fourth-order valence-electron chi connectivity index (χ4n) is 8.93. The number of hydrogen-bond donors (Lipinski definition) is 3. The zero-order valence-corrected chi connectivity index (χ0v) is 47.5. The Hall–Kier alpha value is -3.58. The first-order valence-electron chi connectivity index (χ1n) is 30.3. The van der Waals surface area contributed by atoms with Crippen molar-refractivity contribution in [2.24, 2.45) is 0 Å². The van der Waals surface area contributed by atoms with E-state index in [1.54, 1.807) is 0 Å². The van der Waals surface area contributed by atoms with Crippen molar-refractivity contribution in [1.29, 1.82) is 0 Å². The number of carboxylic acids is 1. The van der Waals surface area contributed by atoms with Crippen LogP contribution in [0.4, 0.5) is 0 Å². The molecule has 12 nitrogen and oxygen atoms in total. The van der Waals surface area contributed by atoms with Crippen molar-refractivity contribution in [3.05, 3.63) is 60.8 Å². The van der Waals surface area contributed by atoms with Gasteiger partial charge in [-0.3, -0.25) is 14.4 Å². The molecule has 0 aliphatic carbocycles. The van der Waals surface area contributed by atoms with Crippen molar-refractivity contribution in [2.45, 2.75) is 302 Å². The second-order valence-corrected chi connectivity index (χ2v) is 20.6. The number of aliphatic hydroxyl groups excluding tert-OH is 2. The molecule has 1 aliphatic heterocycles. The third-order valence-corrected chi connectivity index (χ3v) is 13.6. The lowest BCUT2D eigenvalue weighted by Crippen LogP contribution is -2.61. The van der Waals surface area contributed by atoms with E-state index in [9.17, 15) is 34.5 Å². The molecule has 0 saturated carbocycles. The van der Waals surface area contributed by atoms with Crippen LogP contribution in [-0.4, -0.2) is 89.2 Å². The Morgan fingerprint density at radius 2 is 0.853 bits per heavy atom. The van der Waals surface area contributed by atoms with E-state index in [0.717, 1.165) is 128 Å². The van der Waals surface area contributed by atoms with Crippen LogP contribution >= 0.6 is 0 Å². The molecule has 0 aromatic rings. The average Bonchev–Trinajstić information content (AvgIpc) is 3.39. The minimum atomic E-state index is -1.90. The largest absolute Gasteiger partial charge is 0.479 e. The Kier molecular flexibility index (Phi) is 47.4. The minimum absolute atomic E-state index is 0.0611. The highest BCUT2D eigenvalue weighted by molar-refractivity contribution is 5.74. The molecule has 1 rings (SSSR count).